The minimum Gasteiger partial charge on any atom is -0.466 e. The van der Waals surface area contributed by atoms with E-state index in [0.29, 0.717) is 8.64 Å². The highest BCUT2D eigenvalue weighted by Gasteiger charge is 2.50. The highest BCUT2D eigenvalue weighted by molar-refractivity contribution is 8.27. The van der Waals surface area contributed by atoms with Crippen LogP contribution in [-0.2, 0) is 28.7 Å². The third kappa shape index (κ3) is 5.43. The van der Waals surface area contributed by atoms with Gasteiger partial charge in [-0.25, -0.2) is 0 Å². The molecule has 0 radical (unpaired) electrons. The Kier molecular flexibility index (Phi) is 8.65. The molecule has 154 valence electrons. The Morgan fingerprint density at radius 1 is 0.857 bits per heavy atom. The standard InChI is InChI=1S/C16H20N2O6S4/c1-3-23-9(19)5-7-17-13(21)11(27-15(17)25)12-14(22)18(16(26)28-12)8-6-10(20)24-4-2/h11-12H,3-8H2,1-2H3. The van der Waals surface area contributed by atoms with Crippen molar-refractivity contribution in [1.82, 2.24) is 9.80 Å². The van der Waals surface area contributed by atoms with E-state index in [-0.39, 0.29) is 51.0 Å². The first kappa shape index (κ1) is 23.0. The van der Waals surface area contributed by atoms with Crippen molar-refractivity contribution in [3.8, 4) is 0 Å². The van der Waals surface area contributed by atoms with Gasteiger partial charge in [-0.3, -0.25) is 29.0 Å². The van der Waals surface area contributed by atoms with Gasteiger partial charge in [-0.2, -0.15) is 0 Å². The quantitative estimate of drug-likeness (QED) is 0.368. The van der Waals surface area contributed by atoms with Crippen molar-refractivity contribution >= 4 is 80.4 Å². The van der Waals surface area contributed by atoms with E-state index in [2.05, 4.69) is 0 Å². The fourth-order valence-corrected chi connectivity index (χ4v) is 5.90. The van der Waals surface area contributed by atoms with Gasteiger partial charge in [-0.1, -0.05) is 48.0 Å². The second-order valence-electron chi connectivity index (χ2n) is 5.70. The maximum Gasteiger partial charge on any atom is 0.307 e. The average molecular weight is 465 g/mol. The molecule has 0 spiro atoms. The number of thioether (sulfide) groups is 2. The summed E-state index contributed by atoms with van der Waals surface area (Å²) in [5.74, 6) is -1.46. The van der Waals surface area contributed by atoms with Gasteiger partial charge in [0.1, 0.15) is 19.1 Å². The summed E-state index contributed by atoms with van der Waals surface area (Å²) >= 11 is 12.7. The van der Waals surface area contributed by atoms with Gasteiger partial charge in [0, 0.05) is 13.1 Å². The molecule has 12 heteroatoms. The number of ether oxygens (including phenoxy) is 2. The van der Waals surface area contributed by atoms with Crippen molar-refractivity contribution in [2.75, 3.05) is 26.3 Å². The number of amides is 2. The predicted octanol–water partition coefficient (Wildman–Crippen LogP) is 1.35. The molecule has 2 aliphatic heterocycles. The lowest BCUT2D eigenvalue weighted by Gasteiger charge is -2.17. The monoisotopic (exact) mass is 464 g/mol. The van der Waals surface area contributed by atoms with Crippen molar-refractivity contribution in [2.24, 2.45) is 0 Å². The molecule has 2 saturated heterocycles. The van der Waals surface area contributed by atoms with E-state index in [4.69, 9.17) is 33.9 Å². The van der Waals surface area contributed by atoms with Crippen LogP contribution in [0.15, 0.2) is 0 Å². The summed E-state index contributed by atoms with van der Waals surface area (Å²) < 4.78 is 10.4. The summed E-state index contributed by atoms with van der Waals surface area (Å²) in [7, 11) is 0. The van der Waals surface area contributed by atoms with Crippen molar-refractivity contribution in [1.29, 1.82) is 0 Å². The summed E-state index contributed by atoms with van der Waals surface area (Å²) in [4.78, 5) is 51.2. The first-order chi connectivity index (χ1) is 13.3. The van der Waals surface area contributed by atoms with E-state index in [1.54, 1.807) is 13.8 Å². The number of rotatable bonds is 9. The molecule has 0 bridgehead atoms. The van der Waals surface area contributed by atoms with Crippen molar-refractivity contribution < 1.29 is 28.7 Å². The lowest BCUT2D eigenvalue weighted by atomic mass is 10.2. The van der Waals surface area contributed by atoms with Gasteiger partial charge in [-0.05, 0) is 13.8 Å². The smallest absolute Gasteiger partial charge is 0.307 e. The molecule has 8 nitrogen and oxygen atoms in total. The first-order valence-corrected chi connectivity index (χ1v) is 11.2. The average Bonchev–Trinajstić information content (AvgIpc) is 3.07. The van der Waals surface area contributed by atoms with Gasteiger partial charge in [0.25, 0.3) is 0 Å². The Morgan fingerprint density at radius 2 is 1.21 bits per heavy atom. The number of hydrogen-bond donors (Lipinski definition) is 0. The van der Waals surface area contributed by atoms with Crippen LogP contribution in [-0.4, -0.2) is 79.0 Å². The van der Waals surface area contributed by atoms with E-state index in [1.165, 1.54) is 9.80 Å². The third-order valence-electron chi connectivity index (χ3n) is 3.88. The lowest BCUT2D eigenvalue weighted by molar-refractivity contribution is -0.145. The van der Waals surface area contributed by atoms with Crippen LogP contribution >= 0.6 is 48.0 Å². The Balaban J connectivity index is 1.97. The molecule has 2 amide bonds. The Hall–Kier alpha value is -1.24. The Labute approximate surface area is 182 Å². The van der Waals surface area contributed by atoms with Crippen LogP contribution in [0, 0.1) is 0 Å². The van der Waals surface area contributed by atoms with Gasteiger partial charge in [0.15, 0.2) is 0 Å². The molecule has 0 aromatic carbocycles. The third-order valence-corrected chi connectivity index (χ3v) is 7.37. The summed E-state index contributed by atoms with van der Waals surface area (Å²) in [6.45, 7) is 4.16. The van der Waals surface area contributed by atoms with Crippen LogP contribution in [0.1, 0.15) is 26.7 Å². The minimum atomic E-state index is -0.710. The van der Waals surface area contributed by atoms with Crippen molar-refractivity contribution in [3.05, 3.63) is 0 Å². The van der Waals surface area contributed by atoms with Crippen LogP contribution in [0.5, 0.6) is 0 Å². The molecule has 0 saturated carbocycles. The molecule has 0 aromatic rings. The molecule has 0 N–H and O–H groups in total. The topological polar surface area (TPSA) is 93.2 Å². The minimum absolute atomic E-state index is 0.0306. The zero-order chi connectivity index (χ0) is 20.8. The molecule has 2 unspecified atom stereocenters. The van der Waals surface area contributed by atoms with Crippen molar-refractivity contribution in [2.45, 2.75) is 37.2 Å². The van der Waals surface area contributed by atoms with Gasteiger partial charge in [-0.15, -0.1) is 0 Å². The number of carbonyl (C=O) groups excluding carboxylic acids is 4. The SMILES string of the molecule is CCOC(=O)CCN1C(=O)C(C2SC(=S)N(CCC(=O)OCC)C2=O)SC1=S. The molecule has 0 aromatic heterocycles. The van der Waals surface area contributed by atoms with Crippen LogP contribution in [0.25, 0.3) is 0 Å². The zero-order valence-electron chi connectivity index (χ0n) is 15.4. The van der Waals surface area contributed by atoms with Crippen LogP contribution < -0.4 is 0 Å². The van der Waals surface area contributed by atoms with Gasteiger partial charge >= 0.3 is 11.9 Å². The first-order valence-electron chi connectivity index (χ1n) is 8.65. The fourth-order valence-electron chi connectivity index (χ4n) is 2.59. The van der Waals surface area contributed by atoms with Gasteiger partial charge in [0.2, 0.25) is 11.8 Å². The van der Waals surface area contributed by atoms with E-state index in [9.17, 15) is 19.2 Å². The van der Waals surface area contributed by atoms with Gasteiger partial charge < -0.3 is 9.47 Å². The molecule has 2 aliphatic rings. The summed E-state index contributed by atoms with van der Waals surface area (Å²) in [5.41, 5.74) is 0. The van der Waals surface area contributed by atoms with Crippen LogP contribution in [0.4, 0.5) is 0 Å². The number of hydrogen-bond acceptors (Lipinski definition) is 10. The molecule has 2 heterocycles. The lowest BCUT2D eigenvalue weighted by Crippen LogP contribution is -2.41. The number of thiocarbonyl (C=S) groups is 2. The highest BCUT2D eigenvalue weighted by Crippen LogP contribution is 2.40. The predicted molar refractivity (Wildman–Crippen MR) is 114 cm³/mol. The second-order valence-corrected chi connectivity index (χ2v) is 9.25. The molecule has 28 heavy (non-hydrogen) atoms. The zero-order valence-corrected chi connectivity index (χ0v) is 18.6. The van der Waals surface area contributed by atoms with E-state index >= 15 is 0 Å². The number of carbonyl (C=O) groups is 4. The van der Waals surface area contributed by atoms with E-state index in [1.807, 2.05) is 0 Å². The molecule has 2 rings (SSSR count). The number of nitrogens with zero attached hydrogens (tertiary/aromatic N) is 2. The molecule has 2 fully saturated rings. The summed E-state index contributed by atoms with van der Waals surface area (Å²) in [6, 6.07) is 0. The van der Waals surface area contributed by atoms with Crippen LogP contribution in [0.3, 0.4) is 0 Å². The van der Waals surface area contributed by atoms with Gasteiger partial charge in [0.05, 0.1) is 26.1 Å². The maximum absolute atomic E-state index is 12.7. The fraction of sp³-hybridized carbons (Fsp3) is 0.625. The largest absolute Gasteiger partial charge is 0.466 e. The maximum atomic E-state index is 12.7. The summed E-state index contributed by atoms with van der Waals surface area (Å²) in [6.07, 6.45) is 0.0612. The van der Waals surface area contributed by atoms with Crippen molar-refractivity contribution in [3.63, 3.8) is 0 Å². The van der Waals surface area contributed by atoms with Crippen LogP contribution in [0.2, 0.25) is 0 Å². The second kappa shape index (κ2) is 10.5. The molecular formula is C16H20N2O6S4. The molecule has 2 atom stereocenters. The van der Waals surface area contributed by atoms with E-state index in [0.717, 1.165) is 23.5 Å². The molecular weight excluding hydrogens is 444 g/mol. The normalized spacial score (nSPS) is 22.2. The summed E-state index contributed by atoms with van der Waals surface area (Å²) in [5, 5.41) is -1.42. The Morgan fingerprint density at radius 3 is 1.54 bits per heavy atom. The Bertz CT molecular complexity index is 643. The number of esters is 2. The highest BCUT2D eigenvalue weighted by atomic mass is 32.2. The van der Waals surface area contributed by atoms with E-state index < -0.39 is 22.4 Å². The molecule has 0 aliphatic carbocycles.